The molecule has 0 radical (unpaired) electrons. The van der Waals surface area contributed by atoms with Crippen LogP contribution in [0.5, 0.6) is 0 Å². The Morgan fingerprint density at radius 1 is 1.55 bits per heavy atom. The first-order chi connectivity index (χ1) is 5.04. The maximum atomic E-state index is 10.6. The maximum Gasteiger partial charge on any atom is 0.216 e. The summed E-state index contributed by atoms with van der Waals surface area (Å²) in [5.74, 6) is 0.0679. The third-order valence-corrected chi connectivity index (χ3v) is 3.19. The van der Waals surface area contributed by atoms with Crippen LogP contribution >= 0.6 is 11.6 Å². The van der Waals surface area contributed by atoms with Crippen LogP contribution in [0.25, 0.3) is 0 Å². The van der Waals surface area contributed by atoms with Gasteiger partial charge in [-0.3, -0.25) is 4.79 Å². The average Bonchev–Trinajstić information content (AvgIpc) is 1.75. The lowest BCUT2D eigenvalue weighted by Gasteiger charge is -2.67. The highest BCUT2D eigenvalue weighted by Crippen LogP contribution is 2.70. The van der Waals surface area contributed by atoms with Crippen LogP contribution in [0.2, 0.25) is 0 Å². The summed E-state index contributed by atoms with van der Waals surface area (Å²) >= 11 is 6.06. The number of hydrogen-bond donors (Lipinski definition) is 1. The first kappa shape index (κ1) is 7.41. The minimum absolute atomic E-state index is 0.0679. The highest BCUT2D eigenvalue weighted by molar-refractivity contribution is 6.26. The van der Waals surface area contributed by atoms with E-state index in [0.717, 1.165) is 25.8 Å². The molecule has 3 aliphatic rings. The maximum absolute atomic E-state index is 10.6. The van der Waals surface area contributed by atoms with Crippen molar-refractivity contribution >= 4 is 17.5 Å². The van der Waals surface area contributed by atoms with Gasteiger partial charge in [0.25, 0.3) is 0 Å². The molecule has 0 aliphatic heterocycles. The number of alkyl halides is 1. The van der Waals surface area contributed by atoms with Gasteiger partial charge < -0.3 is 5.32 Å². The number of rotatable bonds is 2. The van der Waals surface area contributed by atoms with Gasteiger partial charge in [-0.1, -0.05) is 0 Å². The molecule has 2 nitrogen and oxygen atoms in total. The summed E-state index contributed by atoms with van der Waals surface area (Å²) < 4.78 is 0. The van der Waals surface area contributed by atoms with E-state index in [1.807, 2.05) is 0 Å². The molecule has 3 aliphatic carbocycles. The van der Waals surface area contributed by atoms with Crippen molar-refractivity contribution in [1.29, 1.82) is 0 Å². The van der Waals surface area contributed by atoms with Gasteiger partial charge in [-0.05, 0) is 24.7 Å². The van der Waals surface area contributed by atoms with Crippen LogP contribution in [0.15, 0.2) is 0 Å². The van der Waals surface area contributed by atoms with E-state index in [1.165, 1.54) is 0 Å². The van der Waals surface area contributed by atoms with Crippen molar-refractivity contribution in [1.82, 2.24) is 5.32 Å². The molecule has 1 N–H and O–H groups in total. The van der Waals surface area contributed by atoms with E-state index in [0.29, 0.717) is 5.41 Å². The Bertz CT molecular complexity index is 194. The molecule has 0 aromatic carbocycles. The first-order valence-electron chi connectivity index (χ1n) is 3.97. The topological polar surface area (TPSA) is 29.1 Å². The summed E-state index contributed by atoms with van der Waals surface area (Å²) in [5, 5.41) is 2.85. The molecule has 0 spiro atoms. The number of carbonyl (C=O) groups is 1. The fourth-order valence-corrected chi connectivity index (χ4v) is 3.21. The smallest absolute Gasteiger partial charge is 0.216 e. The Morgan fingerprint density at radius 3 is 2.45 bits per heavy atom. The fraction of sp³-hybridized carbons (Fsp3) is 0.875. The number of nitrogens with one attached hydrogen (secondary N) is 1. The highest BCUT2D eigenvalue weighted by atomic mass is 35.5. The average molecular weight is 174 g/mol. The molecular weight excluding hydrogens is 162 g/mol. The van der Waals surface area contributed by atoms with Gasteiger partial charge in [-0.2, -0.15) is 0 Å². The molecule has 3 fully saturated rings. The second-order valence-electron chi connectivity index (χ2n) is 4.09. The van der Waals surface area contributed by atoms with Gasteiger partial charge in [0.05, 0.1) is 0 Å². The van der Waals surface area contributed by atoms with E-state index in [2.05, 4.69) is 5.32 Å². The summed E-state index contributed by atoms with van der Waals surface area (Å²) in [6.45, 7) is 2.39. The van der Waals surface area contributed by atoms with Gasteiger partial charge in [0, 0.05) is 18.3 Å². The Hall–Kier alpha value is -0.240. The standard InChI is InChI=1S/C8H12ClNO/c1-6(11)10-5-7-2-8(9,3-7)4-7/h2-5H2,1H3,(H,10,11). The van der Waals surface area contributed by atoms with Gasteiger partial charge in [0.2, 0.25) is 5.91 Å². The van der Waals surface area contributed by atoms with E-state index in [4.69, 9.17) is 11.6 Å². The molecule has 0 aromatic rings. The van der Waals surface area contributed by atoms with Crippen LogP contribution in [-0.2, 0) is 4.79 Å². The predicted octanol–water partition coefficient (Wildman–Crippen LogP) is 1.28. The molecule has 2 bridgehead atoms. The molecule has 0 saturated heterocycles. The molecule has 0 aromatic heterocycles. The lowest BCUT2D eigenvalue weighted by molar-refractivity contribution is -0.124. The molecule has 0 atom stereocenters. The van der Waals surface area contributed by atoms with Gasteiger partial charge in [0.15, 0.2) is 0 Å². The van der Waals surface area contributed by atoms with Crippen LogP contribution in [0.4, 0.5) is 0 Å². The van der Waals surface area contributed by atoms with Crippen LogP contribution in [-0.4, -0.2) is 17.3 Å². The normalized spacial score (nSPS) is 45.6. The largest absolute Gasteiger partial charge is 0.356 e. The van der Waals surface area contributed by atoms with Gasteiger partial charge in [0.1, 0.15) is 0 Å². The van der Waals surface area contributed by atoms with E-state index in [9.17, 15) is 4.79 Å². The SMILES string of the molecule is CC(=O)NCC12CC(Cl)(C1)C2. The Balaban J connectivity index is 1.78. The quantitative estimate of drug-likeness (QED) is 0.627. The molecule has 3 heteroatoms. The van der Waals surface area contributed by atoms with Crippen molar-refractivity contribution in [3.8, 4) is 0 Å². The van der Waals surface area contributed by atoms with E-state index in [-0.39, 0.29) is 10.8 Å². The van der Waals surface area contributed by atoms with Crippen molar-refractivity contribution in [2.45, 2.75) is 31.1 Å². The van der Waals surface area contributed by atoms with Gasteiger partial charge in [-0.25, -0.2) is 0 Å². The highest BCUT2D eigenvalue weighted by Gasteiger charge is 2.66. The second kappa shape index (κ2) is 1.92. The van der Waals surface area contributed by atoms with Crippen LogP contribution in [0.1, 0.15) is 26.2 Å². The molecule has 0 unspecified atom stereocenters. The van der Waals surface area contributed by atoms with E-state index in [1.54, 1.807) is 6.92 Å². The lowest BCUT2D eigenvalue weighted by Crippen LogP contribution is -2.67. The number of halogens is 1. The monoisotopic (exact) mass is 173 g/mol. The number of carbonyl (C=O) groups excluding carboxylic acids is 1. The second-order valence-corrected chi connectivity index (χ2v) is 4.89. The number of amides is 1. The Kier molecular flexibility index (Phi) is 1.29. The van der Waals surface area contributed by atoms with E-state index >= 15 is 0 Å². The van der Waals surface area contributed by atoms with E-state index < -0.39 is 0 Å². The summed E-state index contributed by atoms with van der Waals surface area (Å²) in [5.41, 5.74) is 0.396. The summed E-state index contributed by atoms with van der Waals surface area (Å²) in [6.07, 6.45) is 3.30. The molecule has 3 rings (SSSR count). The van der Waals surface area contributed by atoms with Crippen molar-refractivity contribution in [3.63, 3.8) is 0 Å². The third kappa shape index (κ3) is 1.04. The Morgan fingerprint density at radius 2 is 2.09 bits per heavy atom. The van der Waals surface area contributed by atoms with Crippen LogP contribution in [0, 0.1) is 5.41 Å². The molecule has 0 heterocycles. The molecule has 3 saturated carbocycles. The Labute approximate surface area is 71.3 Å². The van der Waals surface area contributed by atoms with Crippen LogP contribution in [0.3, 0.4) is 0 Å². The minimum atomic E-state index is 0.0679. The van der Waals surface area contributed by atoms with Gasteiger partial charge >= 0.3 is 0 Å². The van der Waals surface area contributed by atoms with Crippen molar-refractivity contribution in [2.75, 3.05) is 6.54 Å². The predicted molar refractivity (Wildman–Crippen MR) is 43.6 cm³/mol. The minimum Gasteiger partial charge on any atom is -0.356 e. The summed E-state index contributed by atoms with van der Waals surface area (Å²) in [6, 6.07) is 0. The zero-order chi connectivity index (χ0) is 8.11. The summed E-state index contributed by atoms with van der Waals surface area (Å²) in [7, 11) is 0. The zero-order valence-corrected chi connectivity index (χ0v) is 7.37. The van der Waals surface area contributed by atoms with Crippen molar-refractivity contribution < 1.29 is 4.79 Å². The fourth-order valence-electron chi connectivity index (χ4n) is 2.36. The third-order valence-electron chi connectivity index (χ3n) is 2.79. The summed E-state index contributed by atoms with van der Waals surface area (Å²) in [4.78, 5) is 10.7. The van der Waals surface area contributed by atoms with Crippen molar-refractivity contribution in [2.24, 2.45) is 5.41 Å². The zero-order valence-electron chi connectivity index (χ0n) is 6.61. The molecule has 62 valence electrons. The molecule has 11 heavy (non-hydrogen) atoms. The number of hydrogen-bond acceptors (Lipinski definition) is 1. The lowest BCUT2D eigenvalue weighted by atomic mass is 9.44. The van der Waals surface area contributed by atoms with Crippen LogP contribution < -0.4 is 5.32 Å². The van der Waals surface area contributed by atoms with Gasteiger partial charge in [-0.15, -0.1) is 11.6 Å². The molecule has 1 amide bonds. The molecular formula is C8H12ClNO. The van der Waals surface area contributed by atoms with Crippen molar-refractivity contribution in [3.05, 3.63) is 0 Å². The first-order valence-corrected chi connectivity index (χ1v) is 4.35.